The number of carboxylic acid groups (broad SMARTS) is 1. The van der Waals surface area contributed by atoms with E-state index >= 15 is 0 Å². The molecule has 36 heavy (non-hydrogen) atoms. The van der Waals surface area contributed by atoms with Crippen molar-refractivity contribution in [3.05, 3.63) is 83.4 Å². The van der Waals surface area contributed by atoms with E-state index in [1.54, 1.807) is 6.07 Å². The lowest BCUT2D eigenvalue weighted by atomic mass is 9.78. The van der Waals surface area contributed by atoms with Crippen molar-refractivity contribution in [3.8, 4) is 16.9 Å². The van der Waals surface area contributed by atoms with Gasteiger partial charge in [0.25, 0.3) is 0 Å². The number of benzene rings is 3. The first-order chi connectivity index (χ1) is 17.5. The van der Waals surface area contributed by atoms with E-state index in [9.17, 15) is 9.90 Å². The monoisotopic (exact) mass is 486 g/mol. The second kappa shape index (κ2) is 10.7. The number of ether oxygens (including phenoxy) is 2. The first kappa shape index (κ1) is 24.3. The highest BCUT2D eigenvalue weighted by Crippen LogP contribution is 2.41. The third kappa shape index (κ3) is 5.55. The van der Waals surface area contributed by atoms with E-state index in [-0.39, 0.29) is 6.42 Å². The summed E-state index contributed by atoms with van der Waals surface area (Å²) in [7, 11) is 0. The predicted octanol–water partition coefficient (Wildman–Crippen LogP) is 5.03. The van der Waals surface area contributed by atoms with E-state index in [4.69, 9.17) is 15.2 Å². The van der Waals surface area contributed by atoms with E-state index in [0.29, 0.717) is 29.9 Å². The Morgan fingerprint density at radius 3 is 2.53 bits per heavy atom. The molecule has 0 unspecified atom stereocenters. The maximum atomic E-state index is 11.3. The minimum Gasteiger partial charge on any atom is -0.489 e. The number of para-hydroxylation sites is 1. The second-order valence-electron chi connectivity index (χ2n) is 10.0. The Hall–Kier alpha value is -3.35. The number of hydrogen-bond acceptors (Lipinski definition) is 5. The molecule has 5 rings (SSSR count). The van der Waals surface area contributed by atoms with Crippen LogP contribution < -0.4 is 15.4 Å². The molecular weight excluding hydrogens is 452 g/mol. The number of anilines is 1. The number of carbonyl (C=O) groups is 1. The zero-order valence-corrected chi connectivity index (χ0v) is 20.6. The van der Waals surface area contributed by atoms with Gasteiger partial charge in [-0.25, -0.2) is 0 Å². The maximum absolute atomic E-state index is 11.3. The van der Waals surface area contributed by atoms with Gasteiger partial charge in [-0.1, -0.05) is 36.4 Å². The quantitative estimate of drug-likeness (QED) is 0.465. The number of hydrogen-bond donors (Lipinski definition) is 2. The van der Waals surface area contributed by atoms with E-state index in [2.05, 4.69) is 35.2 Å². The van der Waals surface area contributed by atoms with Crippen LogP contribution in [0.3, 0.4) is 0 Å². The highest BCUT2D eigenvalue weighted by Gasteiger charge is 2.38. The number of nitrogens with two attached hydrogens (primary N) is 1. The highest BCUT2D eigenvalue weighted by molar-refractivity contribution is 5.72. The molecule has 3 N–H and O–H groups in total. The summed E-state index contributed by atoms with van der Waals surface area (Å²) in [6, 6.07) is 22.3. The van der Waals surface area contributed by atoms with Crippen molar-refractivity contribution in [2.75, 3.05) is 31.2 Å². The Morgan fingerprint density at radius 1 is 0.972 bits per heavy atom. The van der Waals surface area contributed by atoms with Gasteiger partial charge in [0.05, 0.1) is 13.0 Å². The Morgan fingerprint density at radius 2 is 1.78 bits per heavy atom. The van der Waals surface area contributed by atoms with Crippen LogP contribution in [0.5, 0.6) is 5.75 Å². The molecule has 0 aliphatic carbocycles. The highest BCUT2D eigenvalue weighted by atomic mass is 16.5. The Bertz CT molecular complexity index is 1210. The number of aliphatic carboxylic acids is 1. The maximum Gasteiger partial charge on any atom is 0.307 e. The molecule has 6 heteroatoms. The standard InChI is InChI=1S/C30H34N2O4/c31-19-22-4-3-6-24(14-22)26-15-23(20-36-28-7-2-1-5-25(28)18-29(33)34)16-27(17-26)32-11-8-30(9-12-32)10-13-35-21-30/h1-7,14-17H,8-13,18-21,31H2,(H,33,34). The van der Waals surface area contributed by atoms with Crippen LogP contribution in [0.1, 0.15) is 36.0 Å². The molecular formula is C30H34N2O4. The first-order valence-electron chi connectivity index (χ1n) is 12.7. The van der Waals surface area contributed by atoms with Gasteiger partial charge in [-0.15, -0.1) is 0 Å². The van der Waals surface area contributed by atoms with Crippen molar-refractivity contribution in [1.29, 1.82) is 0 Å². The summed E-state index contributed by atoms with van der Waals surface area (Å²) in [6.45, 7) is 4.66. The molecule has 2 aliphatic heterocycles. The zero-order chi connectivity index (χ0) is 25.0. The predicted molar refractivity (Wildman–Crippen MR) is 141 cm³/mol. The molecule has 0 saturated carbocycles. The van der Waals surface area contributed by atoms with E-state index in [1.807, 2.05) is 30.3 Å². The van der Waals surface area contributed by atoms with Gasteiger partial charge < -0.3 is 25.2 Å². The van der Waals surface area contributed by atoms with Gasteiger partial charge in [0.2, 0.25) is 0 Å². The zero-order valence-electron chi connectivity index (χ0n) is 20.6. The van der Waals surface area contributed by atoms with Gasteiger partial charge in [0, 0.05) is 37.5 Å². The van der Waals surface area contributed by atoms with Crippen LogP contribution in [0.15, 0.2) is 66.7 Å². The number of rotatable bonds is 8. The molecule has 3 aromatic carbocycles. The van der Waals surface area contributed by atoms with Crippen LogP contribution in [-0.4, -0.2) is 37.4 Å². The normalized spacial score (nSPS) is 16.9. The summed E-state index contributed by atoms with van der Waals surface area (Å²) in [4.78, 5) is 13.8. The SMILES string of the molecule is NCc1cccc(-c2cc(COc3ccccc3CC(=O)O)cc(N3CCC4(CCOC4)CC3)c2)c1. The van der Waals surface area contributed by atoms with Crippen LogP contribution >= 0.6 is 0 Å². The molecule has 3 aromatic rings. The summed E-state index contributed by atoms with van der Waals surface area (Å²) in [5.74, 6) is -0.260. The van der Waals surface area contributed by atoms with Gasteiger partial charge in [0.1, 0.15) is 12.4 Å². The fraction of sp³-hybridized carbons (Fsp3) is 0.367. The van der Waals surface area contributed by atoms with Crippen molar-refractivity contribution in [2.45, 2.75) is 38.8 Å². The molecule has 2 heterocycles. The van der Waals surface area contributed by atoms with Crippen molar-refractivity contribution >= 4 is 11.7 Å². The first-order valence-corrected chi connectivity index (χ1v) is 12.7. The minimum atomic E-state index is -0.870. The van der Waals surface area contributed by atoms with Gasteiger partial charge in [-0.2, -0.15) is 0 Å². The lowest BCUT2D eigenvalue weighted by Gasteiger charge is -2.39. The Balaban J connectivity index is 1.42. The van der Waals surface area contributed by atoms with Crippen LogP contribution in [0, 0.1) is 5.41 Å². The van der Waals surface area contributed by atoms with Gasteiger partial charge in [-0.05, 0) is 77.3 Å². The lowest BCUT2D eigenvalue weighted by Crippen LogP contribution is -2.40. The summed E-state index contributed by atoms with van der Waals surface area (Å²) >= 11 is 0. The molecule has 0 bridgehead atoms. The molecule has 0 atom stereocenters. The van der Waals surface area contributed by atoms with E-state index < -0.39 is 5.97 Å². The minimum absolute atomic E-state index is 0.0629. The molecule has 1 spiro atoms. The van der Waals surface area contributed by atoms with Crippen molar-refractivity contribution < 1.29 is 19.4 Å². The number of carboxylic acids is 1. The van der Waals surface area contributed by atoms with Crippen LogP contribution in [-0.2, 0) is 29.1 Å². The van der Waals surface area contributed by atoms with Crippen LogP contribution in [0.2, 0.25) is 0 Å². The largest absolute Gasteiger partial charge is 0.489 e. The van der Waals surface area contributed by atoms with Crippen molar-refractivity contribution in [1.82, 2.24) is 0 Å². The third-order valence-corrected chi connectivity index (χ3v) is 7.56. The van der Waals surface area contributed by atoms with Gasteiger partial charge in [-0.3, -0.25) is 4.79 Å². The number of nitrogens with zero attached hydrogens (tertiary/aromatic N) is 1. The van der Waals surface area contributed by atoms with Crippen molar-refractivity contribution in [2.24, 2.45) is 11.1 Å². The third-order valence-electron chi connectivity index (χ3n) is 7.56. The molecule has 188 valence electrons. The van der Waals surface area contributed by atoms with Crippen molar-refractivity contribution in [3.63, 3.8) is 0 Å². The fourth-order valence-corrected chi connectivity index (χ4v) is 5.38. The smallest absolute Gasteiger partial charge is 0.307 e. The second-order valence-corrected chi connectivity index (χ2v) is 10.0. The molecule has 0 amide bonds. The molecule has 6 nitrogen and oxygen atoms in total. The molecule has 2 saturated heterocycles. The van der Waals surface area contributed by atoms with Crippen LogP contribution in [0.25, 0.3) is 11.1 Å². The summed E-state index contributed by atoms with van der Waals surface area (Å²) in [6.07, 6.45) is 3.40. The summed E-state index contributed by atoms with van der Waals surface area (Å²) in [5.41, 5.74) is 12.5. The van der Waals surface area contributed by atoms with E-state index in [0.717, 1.165) is 61.4 Å². The van der Waals surface area contributed by atoms with Gasteiger partial charge >= 0.3 is 5.97 Å². The average Bonchev–Trinajstić information content (AvgIpc) is 3.36. The van der Waals surface area contributed by atoms with Crippen LogP contribution in [0.4, 0.5) is 5.69 Å². The molecule has 2 aliphatic rings. The molecule has 0 aromatic heterocycles. The number of piperidine rings is 1. The Kier molecular flexibility index (Phi) is 7.25. The lowest BCUT2D eigenvalue weighted by molar-refractivity contribution is -0.136. The summed E-state index contributed by atoms with van der Waals surface area (Å²) in [5, 5.41) is 9.26. The topological polar surface area (TPSA) is 85.0 Å². The summed E-state index contributed by atoms with van der Waals surface area (Å²) < 4.78 is 11.9. The molecule has 2 fully saturated rings. The molecule has 0 radical (unpaired) electrons. The fourth-order valence-electron chi connectivity index (χ4n) is 5.38. The van der Waals surface area contributed by atoms with Gasteiger partial charge in [0.15, 0.2) is 0 Å². The van der Waals surface area contributed by atoms with E-state index in [1.165, 1.54) is 12.1 Å². The Labute approximate surface area is 212 Å². The average molecular weight is 487 g/mol.